The molecule has 0 heterocycles. The minimum atomic E-state index is -4.81. The van der Waals surface area contributed by atoms with Crippen LogP contribution in [-0.2, 0) is 4.74 Å². The molecule has 22 heavy (non-hydrogen) atoms. The molecule has 2 aromatic carbocycles. The van der Waals surface area contributed by atoms with Crippen LogP contribution in [0.2, 0.25) is 0 Å². The Bertz CT molecular complexity index is 666. The van der Waals surface area contributed by atoms with Crippen LogP contribution in [0.4, 0.5) is 13.2 Å². The molecule has 0 radical (unpaired) electrons. The average molecular weight is 310 g/mol. The summed E-state index contributed by atoms with van der Waals surface area (Å²) in [6.07, 6.45) is -4.81. The van der Waals surface area contributed by atoms with Crippen molar-refractivity contribution in [2.75, 3.05) is 6.61 Å². The first-order chi connectivity index (χ1) is 10.4. The van der Waals surface area contributed by atoms with Gasteiger partial charge in [0.1, 0.15) is 5.75 Å². The minimum absolute atomic E-state index is 0.170. The average Bonchev–Trinajstić information content (AvgIpc) is 2.46. The van der Waals surface area contributed by atoms with Crippen LogP contribution in [0.25, 0.3) is 11.1 Å². The fourth-order valence-corrected chi connectivity index (χ4v) is 2.01. The molecule has 0 bridgehead atoms. The van der Waals surface area contributed by atoms with Crippen LogP contribution < -0.4 is 4.74 Å². The summed E-state index contributed by atoms with van der Waals surface area (Å²) in [6.45, 7) is 1.83. The van der Waals surface area contributed by atoms with Gasteiger partial charge in [-0.3, -0.25) is 0 Å². The Morgan fingerprint density at radius 2 is 1.59 bits per heavy atom. The molecule has 0 N–H and O–H groups in total. The Hall–Kier alpha value is -2.50. The second-order valence-corrected chi connectivity index (χ2v) is 4.31. The first-order valence-electron chi connectivity index (χ1n) is 6.53. The summed E-state index contributed by atoms with van der Waals surface area (Å²) < 4.78 is 46.5. The molecule has 0 atom stereocenters. The van der Waals surface area contributed by atoms with Crippen molar-refractivity contribution in [1.29, 1.82) is 0 Å². The van der Waals surface area contributed by atoms with Gasteiger partial charge in [-0.2, -0.15) is 0 Å². The predicted octanol–water partition coefficient (Wildman–Crippen LogP) is 4.43. The van der Waals surface area contributed by atoms with Gasteiger partial charge >= 0.3 is 12.3 Å². The van der Waals surface area contributed by atoms with Crippen LogP contribution in [0.5, 0.6) is 5.75 Å². The maximum absolute atomic E-state index is 12.5. The Balaban J connectivity index is 2.51. The van der Waals surface area contributed by atoms with E-state index in [0.717, 1.165) is 0 Å². The summed E-state index contributed by atoms with van der Waals surface area (Å²) in [5, 5.41) is 0. The number of hydrogen-bond donors (Lipinski definition) is 0. The molecule has 0 spiro atoms. The van der Waals surface area contributed by atoms with E-state index in [2.05, 4.69) is 4.74 Å². The maximum atomic E-state index is 12.5. The van der Waals surface area contributed by atoms with E-state index in [4.69, 9.17) is 4.74 Å². The zero-order chi connectivity index (χ0) is 16.2. The van der Waals surface area contributed by atoms with Crippen molar-refractivity contribution in [2.45, 2.75) is 13.3 Å². The lowest BCUT2D eigenvalue weighted by Crippen LogP contribution is -2.17. The molecule has 2 rings (SSSR count). The number of para-hydroxylation sites is 1. The van der Waals surface area contributed by atoms with E-state index in [1.54, 1.807) is 31.2 Å². The van der Waals surface area contributed by atoms with Crippen LogP contribution >= 0.6 is 0 Å². The second kappa shape index (κ2) is 6.51. The highest BCUT2D eigenvalue weighted by Gasteiger charge is 2.32. The fraction of sp³-hybridized carbons (Fsp3) is 0.188. The van der Waals surface area contributed by atoms with E-state index in [0.29, 0.717) is 5.56 Å². The van der Waals surface area contributed by atoms with Gasteiger partial charge in [0.2, 0.25) is 0 Å². The van der Waals surface area contributed by atoms with Gasteiger partial charge in [0.05, 0.1) is 12.2 Å². The molecular formula is C16H13F3O3. The third-order valence-electron chi connectivity index (χ3n) is 2.83. The van der Waals surface area contributed by atoms with E-state index in [-0.39, 0.29) is 23.5 Å². The van der Waals surface area contributed by atoms with E-state index < -0.39 is 12.3 Å². The molecule has 0 amide bonds. The molecule has 6 heteroatoms. The van der Waals surface area contributed by atoms with Crippen molar-refractivity contribution in [3.8, 4) is 16.9 Å². The van der Waals surface area contributed by atoms with Crippen molar-refractivity contribution in [2.24, 2.45) is 0 Å². The van der Waals surface area contributed by atoms with E-state index in [9.17, 15) is 18.0 Å². The summed E-state index contributed by atoms with van der Waals surface area (Å²) in [7, 11) is 0. The smallest absolute Gasteiger partial charge is 0.462 e. The van der Waals surface area contributed by atoms with E-state index >= 15 is 0 Å². The van der Waals surface area contributed by atoms with Crippen LogP contribution in [0, 0.1) is 0 Å². The molecule has 0 saturated carbocycles. The van der Waals surface area contributed by atoms with Crippen molar-refractivity contribution in [3.05, 3.63) is 54.1 Å². The first-order valence-corrected chi connectivity index (χ1v) is 6.53. The third kappa shape index (κ3) is 3.78. The van der Waals surface area contributed by atoms with Gasteiger partial charge in [-0.25, -0.2) is 4.79 Å². The highest BCUT2D eigenvalue weighted by Crippen LogP contribution is 2.35. The lowest BCUT2D eigenvalue weighted by Gasteiger charge is -2.15. The number of carbonyl (C=O) groups is 1. The SMILES string of the molecule is CCOC(=O)c1ccccc1-c1ccccc1OC(F)(F)F. The second-order valence-electron chi connectivity index (χ2n) is 4.31. The largest absolute Gasteiger partial charge is 0.573 e. The third-order valence-corrected chi connectivity index (χ3v) is 2.83. The summed E-state index contributed by atoms with van der Waals surface area (Å²) in [4.78, 5) is 12.0. The van der Waals surface area contributed by atoms with Crippen LogP contribution in [0.15, 0.2) is 48.5 Å². The quantitative estimate of drug-likeness (QED) is 0.784. The van der Waals surface area contributed by atoms with Crippen LogP contribution in [0.1, 0.15) is 17.3 Å². The van der Waals surface area contributed by atoms with Crippen molar-refractivity contribution >= 4 is 5.97 Å². The number of hydrogen-bond acceptors (Lipinski definition) is 3. The Kier molecular flexibility index (Phi) is 4.70. The molecular weight excluding hydrogens is 297 g/mol. The number of halogens is 3. The maximum Gasteiger partial charge on any atom is 0.573 e. The summed E-state index contributed by atoms with van der Waals surface area (Å²) in [5.74, 6) is -0.966. The zero-order valence-corrected chi connectivity index (χ0v) is 11.7. The van der Waals surface area contributed by atoms with Gasteiger partial charge in [-0.15, -0.1) is 13.2 Å². The van der Waals surface area contributed by atoms with Gasteiger partial charge in [0.15, 0.2) is 0 Å². The molecule has 0 aliphatic rings. The van der Waals surface area contributed by atoms with Gasteiger partial charge in [-0.1, -0.05) is 36.4 Å². The minimum Gasteiger partial charge on any atom is -0.462 e. The zero-order valence-electron chi connectivity index (χ0n) is 11.7. The Morgan fingerprint density at radius 3 is 2.23 bits per heavy atom. The number of ether oxygens (including phenoxy) is 2. The summed E-state index contributed by atoms with van der Waals surface area (Å²) >= 11 is 0. The van der Waals surface area contributed by atoms with Crippen molar-refractivity contribution in [1.82, 2.24) is 0 Å². The molecule has 0 unspecified atom stereocenters. The van der Waals surface area contributed by atoms with Crippen LogP contribution in [-0.4, -0.2) is 18.9 Å². The Labute approximate surface area is 125 Å². The van der Waals surface area contributed by atoms with Crippen molar-refractivity contribution < 1.29 is 27.4 Å². The van der Waals surface area contributed by atoms with E-state index in [1.807, 2.05) is 0 Å². The number of carbonyl (C=O) groups excluding carboxylic acids is 1. The van der Waals surface area contributed by atoms with Gasteiger partial charge in [0.25, 0.3) is 0 Å². The monoisotopic (exact) mass is 310 g/mol. The normalized spacial score (nSPS) is 11.1. The van der Waals surface area contributed by atoms with Gasteiger partial charge in [-0.05, 0) is 24.6 Å². The molecule has 0 aromatic heterocycles. The topological polar surface area (TPSA) is 35.5 Å². The standard InChI is InChI=1S/C16H13F3O3/c1-2-21-15(20)13-9-4-3-7-11(13)12-8-5-6-10-14(12)22-16(17,18)19/h3-10H,2H2,1H3. The number of alkyl halides is 3. The van der Waals surface area contributed by atoms with E-state index in [1.165, 1.54) is 24.3 Å². The molecule has 0 fully saturated rings. The number of rotatable bonds is 4. The molecule has 0 saturated heterocycles. The molecule has 116 valence electrons. The Morgan fingerprint density at radius 1 is 1.00 bits per heavy atom. The lowest BCUT2D eigenvalue weighted by molar-refractivity contribution is -0.274. The molecule has 2 aromatic rings. The number of benzene rings is 2. The molecule has 0 aliphatic carbocycles. The van der Waals surface area contributed by atoms with Gasteiger partial charge < -0.3 is 9.47 Å². The molecule has 3 nitrogen and oxygen atoms in total. The first kappa shape index (κ1) is 15.9. The fourth-order valence-electron chi connectivity index (χ4n) is 2.01. The van der Waals surface area contributed by atoms with Gasteiger partial charge in [0, 0.05) is 5.56 Å². The van der Waals surface area contributed by atoms with Crippen molar-refractivity contribution in [3.63, 3.8) is 0 Å². The lowest BCUT2D eigenvalue weighted by atomic mass is 9.99. The highest BCUT2D eigenvalue weighted by molar-refractivity contribution is 5.98. The predicted molar refractivity (Wildman–Crippen MR) is 74.5 cm³/mol. The molecule has 0 aliphatic heterocycles. The highest BCUT2D eigenvalue weighted by atomic mass is 19.4. The summed E-state index contributed by atoms with van der Waals surface area (Å²) in [6, 6.07) is 11.9. The summed E-state index contributed by atoms with van der Waals surface area (Å²) in [5.41, 5.74) is 0.673. The number of esters is 1. The van der Waals surface area contributed by atoms with Crippen LogP contribution in [0.3, 0.4) is 0 Å².